The van der Waals surface area contributed by atoms with Crippen LogP contribution in [0.1, 0.15) is 0 Å². The van der Waals surface area contributed by atoms with Crippen molar-refractivity contribution in [3.8, 4) is 0 Å². The standard InChI is InChI=1S/C12H17N3O3.ClH/c1-16-11-8-10(15-3-5-18-6-4-15)12(17-2)7-9(11)14-13;/h7-8,11H,3-6H2,1-2H3;1H/p-1. The summed E-state index contributed by atoms with van der Waals surface area (Å²) in [4.78, 5) is 5.40. The molecule has 0 aromatic heterocycles. The molecule has 2 aliphatic rings. The quantitative estimate of drug-likeness (QED) is 0.423. The minimum atomic E-state index is -0.355. The Morgan fingerprint density at radius 3 is 2.58 bits per heavy atom. The molecule has 0 aromatic rings. The molecule has 1 saturated heterocycles. The van der Waals surface area contributed by atoms with E-state index in [4.69, 9.17) is 19.7 Å². The minimum absolute atomic E-state index is 0. The molecule has 7 heteroatoms. The fourth-order valence-electron chi connectivity index (χ4n) is 2.10. The third kappa shape index (κ3) is 3.36. The molecule has 2 rings (SSSR count). The zero-order valence-corrected chi connectivity index (χ0v) is 11.8. The summed E-state index contributed by atoms with van der Waals surface area (Å²) in [5, 5.41) is 0. The summed E-state index contributed by atoms with van der Waals surface area (Å²) in [5.74, 6) is 0.679. The number of hydrogen-bond acceptors (Lipinski definition) is 4. The summed E-state index contributed by atoms with van der Waals surface area (Å²) in [7, 11) is 3.18. The smallest absolute Gasteiger partial charge is 0.328 e. The van der Waals surface area contributed by atoms with Crippen LogP contribution in [0.3, 0.4) is 0 Å². The Balaban J connectivity index is 0.00000180. The Bertz CT molecular complexity index is 424. The van der Waals surface area contributed by atoms with Crippen LogP contribution in [0, 0.1) is 0 Å². The van der Waals surface area contributed by atoms with Gasteiger partial charge in [-0.3, -0.25) is 0 Å². The van der Waals surface area contributed by atoms with Crippen molar-refractivity contribution >= 4 is 5.71 Å². The van der Waals surface area contributed by atoms with Gasteiger partial charge in [0.05, 0.1) is 32.1 Å². The first-order chi connectivity index (χ1) is 8.80. The molecule has 1 unspecified atom stereocenters. The van der Waals surface area contributed by atoms with Crippen LogP contribution in [0.2, 0.25) is 0 Å². The van der Waals surface area contributed by atoms with E-state index in [0.29, 0.717) is 24.7 Å². The van der Waals surface area contributed by atoms with Gasteiger partial charge in [-0.15, -0.1) is 0 Å². The van der Waals surface area contributed by atoms with Gasteiger partial charge in [0.1, 0.15) is 5.76 Å². The number of morpholine rings is 1. The molecular formula is C12H17ClN3O3-. The topological polar surface area (TPSA) is 67.3 Å². The average Bonchev–Trinajstić information content (AvgIpc) is 2.46. The third-order valence-electron chi connectivity index (χ3n) is 3.07. The van der Waals surface area contributed by atoms with Crippen LogP contribution >= 0.6 is 0 Å². The van der Waals surface area contributed by atoms with E-state index in [1.165, 1.54) is 0 Å². The molecule has 0 saturated carbocycles. The number of rotatable bonds is 3. The van der Waals surface area contributed by atoms with Crippen LogP contribution in [0.15, 0.2) is 23.6 Å². The van der Waals surface area contributed by atoms with Crippen molar-refractivity contribution in [2.45, 2.75) is 6.10 Å². The normalized spacial score (nSPS) is 22.9. The van der Waals surface area contributed by atoms with Gasteiger partial charge in [0.25, 0.3) is 0 Å². The molecule has 0 spiro atoms. The van der Waals surface area contributed by atoms with E-state index in [1.54, 1.807) is 20.3 Å². The van der Waals surface area contributed by atoms with Gasteiger partial charge in [-0.05, 0) is 6.08 Å². The summed E-state index contributed by atoms with van der Waals surface area (Å²) in [6, 6.07) is 0. The highest BCUT2D eigenvalue weighted by Crippen LogP contribution is 2.23. The van der Waals surface area contributed by atoms with Crippen LogP contribution in [0.4, 0.5) is 0 Å². The van der Waals surface area contributed by atoms with Crippen molar-refractivity contribution < 1.29 is 31.4 Å². The highest BCUT2D eigenvalue weighted by atomic mass is 35.5. The minimum Gasteiger partial charge on any atom is -1.00 e. The van der Waals surface area contributed by atoms with Crippen molar-refractivity contribution in [2.75, 3.05) is 40.5 Å². The van der Waals surface area contributed by atoms with Crippen LogP contribution in [-0.4, -0.2) is 62.0 Å². The van der Waals surface area contributed by atoms with E-state index < -0.39 is 0 Å². The van der Waals surface area contributed by atoms with Gasteiger partial charge < -0.3 is 37.0 Å². The Morgan fingerprint density at radius 2 is 2.05 bits per heavy atom. The summed E-state index contributed by atoms with van der Waals surface area (Å²) < 4.78 is 16.0. The van der Waals surface area contributed by atoms with Crippen molar-refractivity contribution in [3.05, 3.63) is 29.1 Å². The maximum absolute atomic E-state index is 8.95. The maximum atomic E-state index is 8.95. The van der Waals surface area contributed by atoms with Crippen molar-refractivity contribution in [1.29, 1.82) is 0 Å². The number of ether oxygens (including phenoxy) is 3. The van der Waals surface area contributed by atoms with Crippen LogP contribution < -0.4 is 12.4 Å². The van der Waals surface area contributed by atoms with Crippen molar-refractivity contribution in [2.24, 2.45) is 0 Å². The second kappa shape index (κ2) is 7.31. The highest BCUT2D eigenvalue weighted by molar-refractivity contribution is 5.97. The first-order valence-electron chi connectivity index (χ1n) is 5.85. The Kier molecular flexibility index (Phi) is 6.05. The average molecular weight is 287 g/mol. The van der Waals surface area contributed by atoms with E-state index in [-0.39, 0.29) is 18.5 Å². The first-order valence-corrected chi connectivity index (χ1v) is 5.85. The number of methoxy groups -OCH3 is 2. The summed E-state index contributed by atoms with van der Waals surface area (Å²) in [6.45, 7) is 3.03. The van der Waals surface area contributed by atoms with E-state index in [9.17, 15) is 0 Å². The Morgan fingerprint density at radius 1 is 1.37 bits per heavy atom. The first kappa shape index (κ1) is 15.7. The lowest BCUT2D eigenvalue weighted by Crippen LogP contribution is -3.00. The fourth-order valence-corrected chi connectivity index (χ4v) is 2.10. The number of halogens is 1. The van der Waals surface area contributed by atoms with Gasteiger partial charge in [-0.1, -0.05) is 0 Å². The monoisotopic (exact) mass is 286 g/mol. The molecule has 1 aliphatic heterocycles. The molecule has 1 heterocycles. The molecule has 0 amide bonds. The molecule has 106 valence electrons. The van der Waals surface area contributed by atoms with Gasteiger partial charge in [0, 0.05) is 20.2 Å². The Hall–Kier alpha value is -1.33. The van der Waals surface area contributed by atoms with Crippen LogP contribution in [0.5, 0.6) is 0 Å². The second-order valence-corrected chi connectivity index (χ2v) is 4.05. The molecule has 1 fully saturated rings. The zero-order valence-electron chi connectivity index (χ0n) is 11.0. The predicted octanol–water partition coefficient (Wildman–Crippen LogP) is -2.56. The summed E-state index contributed by atoms with van der Waals surface area (Å²) >= 11 is 0. The lowest BCUT2D eigenvalue weighted by atomic mass is 10.0. The molecule has 6 nitrogen and oxygen atoms in total. The fraction of sp³-hybridized carbons (Fsp3) is 0.583. The Labute approximate surface area is 118 Å². The predicted molar refractivity (Wildman–Crippen MR) is 65.0 cm³/mol. The van der Waals surface area contributed by atoms with Crippen LogP contribution in [0.25, 0.3) is 5.53 Å². The molecule has 1 atom stereocenters. The summed E-state index contributed by atoms with van der Waals surface area (Å²) in [6.07, 6.45) is 3.24. The largest absolute Gasteiger partial charge is 1.00 e. The van der Waals surface area contributed by atoms with Gasteiger partial charge in [-0.2, -0.15) is 4.79 Å². The lowest BCUT2D eigenvalue weighted by Gasteiger charge is -2.33. The molecule has 0 bridgehead atoms. The molecule has 0 aromatic carbocycles. The molecule has 0 radical (unpaired) electrons. The maximum Gasteiger partial charge on any atom is 0.328 e. The van der Waals surface area contributed by atoms with E-state index in [2.05, 4.69) is 9.69 Å². The number of hydrogen-bond donors (Lipinski definition) is 0. The van der Waals surface area contributed by atoms with Crippen LogP contribution in [-0.2, 0) is 14.2 Å². The van der Waals surface area contributed by atoms with E-state index in [1.807, 2.05) is 6.08 Å². The van der Waals surface area contributed by atoms with Gasteiger partial charge in [0.2, 0.25) is 0 Å². The van der Waals surface area contributed by atoms with E-state index >= 15 is 0 Å². The van der Waals surface area contributed by atoms with Gasteiger partial charge in [0.15, 0.2) is 6.10 Å². The molecule has 1 aliphatic carbocycles. The third-order valence-corrected chi connectivity index (χ3v) is 3.07. The zero-order chi connectivity index (χ0) is 13.0. The van der Waals surface area contributed by atoms with Gasteiger partial charge >= 0.3 is 5.71 Å². The van der Waals surface area contributed by atoms with E-state index in [0.717, 1.165) is 18.8 Å². The highest BCUT2D eigenvalue weighted by Gasteiger charge is 2.30. The second-order valence-electron chi connectivity index (χ2n) is 4.05. The summed E-state index contributed by atoms with van der Waals surface area (Å²) in [5.41, 5.74) is 10.3. The molecular weight excluding hydrogens is 270 g/mol. The van der Waals surface area contributed by atoms with Gasteiger partial charge in [-0.25, -0.2) is 0 Å². The SMILES string of the molecule is COC1=CC(=[N+]=[N-])C(OC)C=C1N1CCOCC1.[Cl-]. The number of nitrogens with zero attached hydrogens (tertiary/aromatic N) is 3. The lowest BCUT2D eigenvalue weighted by molar-refractivity contribution is -0.0196. The van der Waals surface area contributed by atoms with Crippen molar-refractivity contribution in [3.63, 3.8) is 0 Å². The van der Waals surface area contributed by atoms with Crippen molar-refractivity contribution in [1.82, 2.24) is 4.90 Å². The molecule has 19 heavy (non-hydrogen) atoms. The molecule has 0 N–H and O–H groups in total.